The molecule has 8 nitrogen and oxygen atoms in total. The van der Waals surface area contributed by atoms with E-state index in [9.17, 15) is 0 Å². The Kier molecular flexibility index (Phi) is 14.4. The van der Waals surface area contributed by atoms with Crippen molar-refractivity contribution in [1.82, 2.24) is 39.9 Å². The second-order valence-corrected chi connectivity index (χ2v) is 18.3. The molecule has 4 aromatic carbocycles. The monoisotopic (exact) mass is 857 g/mol. The highest BCUT2D eigenvalue weighted by atomic mass is 14.9. The highest BCUT2D eigenvalue weighted by Gasteiger charge is 2.16. The maximum absolute atomic E-state index is 4.59. The molecule has 8 rings (SSSR count). The molecule has 0 amide bonds. The molecule has 4 heterocycles. The average Bonchev–Trinajstić information content (AvgIpc) is 3.22. The molecule has 64 heavy (non-hydrogen) atoms. The topological polar surface area (TPSA) is 103 Å². The van der Waals surface area contributed by atoms with Crippen LogP contribution in [0, 0.1) is 166 Å². The molecule has 0 atom stereocenters. The fourth-order valence-electron chi connectivity index (χ4n) is 9.44. The van der Waals surface area contributed by atoms with Crippen molar-refractivity contribution in [1.29, 1.82) is 0 Å². The van der Waals surface area contributed by atoms with Crippen molar-refractivity contribution in [3.63, 3.8) is 0 Å². The van der Waals surface area contributed by atoms with Crippen LogP contribution in [0.4, 0.5) is 0 Å². The third kappa shape index (κ3) is 8.98. The molecule has 0 saturated heterocycles. The van der Waals surface area contributed by atoms with Crippen LogP contribution in [0.15, 0.2) is 0 Å². The normalized spacial score (nSPS) is 11.1. The fraction of sp³-hybridized carbons (Fsp3) is 0.429. The second-order valence-electron chi connectivity index (χ2n) is 18.3. The standard InChI is InChI=1S/4C14H18N2/c4*1-7-8(2)10(4)14-13(9(7)3)11(5)15-12(6)16-14/h4*1-6H3. The van der Waals surface area contributed by atoms with Crippen LogP contribution in [-0.2, 0) is 0 Å². The molecule has 0 fully saturated rings. The number of aromatic nitrogens is 8. The van der Waals surface area contributed by atoms with Crippen LogP contribution in [0.2, 0.25) is 0 Å². The number of hydrogen-bond acceptors (Lipinski definition) is 8. The van der Waals surface area contributed by atoms with Gasteiger partial charge in [0.2, 0.25) is 0 Å². The minimum atomic E-state index is 0.857. The van der Waals surface area contributed by atoms with Crippen molar-refractivity contribution >= 4 is 43.6 Å². The number of fused-ring (bicyclic) bond motifs is 4. The minimum absolute atomic E-state index is 0.857. The molecule has 8 heteroatoms. The smallest absolute Gasteiger partial charge is 0.126 e. The summed E-state index contributed by atoms with van der Waals surface area (Å²) in [5.41, 5.74) is 30.1. The van der Waals surface area contributed by atoms with Gasteiger partial charge in [-0.15, -0.1) is 0 Å². The maximum Gasteiger partial charge on any atom is 0.126 e. The average molecular weight is 857 g/mol. The number of aryl methyl sites for hydroxylation is 16. The maximum atomic E-state index is 4.59. The molecule has 0 aliphatic heterocycles. The SMILES string of the molecule is Cc1nc(C)c2c(C)c(C)c(C)c(C)c2n1.Cc1nc(C)c2c(C)c(C)c(C)c(C)c2n1.Cc1nc(C)c2c(C)c(C)c(C)c(C)c2n1.Cc1nc(C)c2c(C)c(C)c(C)c(C)c2n1. The van der Waals surface area contributed by atoms with Gasteiger partial charge in [-0.2, -0.15) is 0 Å². The van der Waals surface area contributed by atoms with E-state index in [2.05, 4.69) is 178 Å². The van der Waals surface area contributed by atoms with E-state index in [-0.39, 0.29) is 0 Å². The van der Waals surface area contributed by atoms with Crippen molar-refractivity contribution in [3.8, 4) is 0 Å². The molecule has 0 saturated carbocycles. The Balaban J connectivity index is 0.000000161. The first-order valence-corrected chi connectivity index (χ1v) is 22.6. The van der Waals surface area contributed by atoms with Gasteiger partial charge in [0.1, 0.15) is 23.3 Å². The van der Waals surface area contributed by atoms with Crippen molar-refractivity contribution in [3.05, 3.63) is 135 Å². The molecule has 0 spiro atoms. The van der Waals surface area contributed by atoms with Crippen molar-refractivity contribution in [2.75, 3.05) is 0 Å². The molecule has 4 aromatic heterocycles. The van der Waals surface area contributed by atoms with E-state index in [1.165, 1.54) is 111 Å². The van der Waals surface area contributed by atoms with Gasteiger partial charge in [-0.05, 0) is 255 Å². The fourth-order valence-corrected chi connectivity index (χ4v) is 9.44. The minimum Gasteiger partial charge on any atom is -0.238 e. The summed E-state index contributed by atoms with van der Waals surface area (Å²) in [6.07, 6.45) is 0. The van der Waals surface area contributed by atoms with Gasteiger partial charge >= 0.3 is 0 Å². The number of nitrogens with zero attached hydrogens (tertiary/aromatic N) is 8. The Morgan fingerprint density at radius 2 is 0.297 bits per heavy atom. The van der Waals surface area contributed by atoms with E-state index in [4.69, 9.17) is 0 Å². The van der Waals surface area contributed by atoms with Gasteiger partial charge in [-0.1, -0.05) is 0 Å². The Hall–Kier alpha value is -5.76. The highest BCUT2D eigenvalue weighted by molar-refractivity contribution is 5.92. The predicted octanol–water partition coefficient (Wildman–Crippen LogP) is 13.9. The van der Waals surface area contributed by atoms with Gasteiger partial charge in [0, 0.05) is 44.3 Å². The van der Waals surface area contributed by atoms with Crippen LogP contribution < -0.4 is 0 Å². The Bertz CT molecular complexity index is 2760. The lowest BCUT2D eigenvalue weighted by molar-refractivity contribution is 1.04. The first kappa shape index (κ1) is 49.3. The van der Waals surface area contributed by atoms with Crippen LogP contribution in [0.25, 0.3) is 43.6 Å². The van der Waals surface area contributed by atoms with E-state index < -0.39 is 0 Å². The molecule has 0 unspecified atom stereocenters. The van der Waals surface area contributed by atoms with Gasteiger partial charge in [0.15, 0.2) is 0 Å². The molecule has 336 valence electrons. The summed E-state index contributed by atoms with van der Waals surface area (Å²) in [6.45, 7) is 50.7. The number of benzene rings is 4. The molecule has 0 aliphatic carbocycles. The second kappa shape index (κ2) is 18.8. The van der Waals surface area contributed by atoms with Crippen LogP contribution in [0.5, 0.6) is 0 Å². The van der Waals surface area contributed by atoms with E-state index >= 15 is 0 Å². The molecule has 0 aliphatic rings. The third-order valence-electron chi connectivity index (χ3n) is 14.5. The summed E-state index contributed by atoms with van der Waals surface area (Å²) in [5, 5.41) is 4.91. The third-order valence-corrected chi connectivity index (χ3v) is 14.5. The first-order chi connectivity index (χ1) is 29.7. The Morgan fingerprint density at radius 1 is 0.156 bits per heavy atom. The summed E-state index contributed by atoms with van der Waals surface area (Å²) in [4.78, 5) is 36.2. The number of hydrogen-bond donors (Lipinski definition) is 0. The van der Waals surface area contributed by atoms with Crippen LogP contribution in [0.3, 0.4) is 0 Å². The van der Waals surface area contributed by atoms with E-state index in [0.717, 1.165) is 68.1 Å². The zero-order chi connectivity index (χ0) is 48.1. The van der Waals surface area contributed by atoms with E-state index in [1.807, 2.05) is 27.7 Å². The summed E-state index contributed by atoms with van der Waals surface area (Å²) < 4.78 is 0. The summed E-state index contributed by atoms with van der Waals surface area (Å²) in [5.74, 6) is 3.43. The lowest BCUT2D eigenvalue weighted by atomic mass is 9.94. The lowest BCUT2D eigenvalue weighted by Crippen LogP contribution is -2.01. The molecular formula is C56H72N8. The van der Waals surface area contributed by atoms with E-state index in [0.29, 0.717) is 0 Å². The molecule has 8 aromatic rings. The molecule has 0 bridgehead atoms. The van der Waals surface area contributed by atoms with E-state index in [1.54, 1.807) is 0 Å². The van der Waals surface area contributed by atoms with Crippen LogP contribution >= 0.6 is 0 Å². The lowest BCUT2D eigenvalue weighted by Gasteiger charge is -2.14. The highest BCUT2D eigenvalue weighted by Crippen LogP contribution is 2.33. The van der Waals surface area contributed by atoms with Gasteiger partial charge in [0.25, 0.3) is 0 Å². The van der Waals surface area contributed by atoms with Crippen LogP contribution in [0.1, 0.15) is 135 Å². The van der Waals surface area contributed by atoms with Crippen molar-refractivity contribution in [2.45, 2.75) is 166 Å². The van der Waals surface area contributed by atoms with Gasteiger partial charge < -0.3 is 0 Å². The number of rotatable bonds is 0. The van der Waals surface area contributed by atoms with Gasteiger partial charge in [0.05, 0.1) is 22.1 Å². The van der Waals surface area contributed by atoms with Gasteiger partial charge in [-0.3, -0.25) is 0 Å². The summed E-state index contributed by atoms with van der Waals surface area (Å²) in [6, 6.07) is 0. The Morgan fingerprint density at radius 3 is 0.453 bits per heavy atom. The van der Waals surface area contributed by atoms with Crippen molar-refractivity contribution < 1.29 is 0 Å². The largest absolute Gasteiger partial charge is 0.238 e. The summed E-state index contributed by atoms with van der Waals surface area (Å²) in [7, 11) is 0. The molecule has 0 radical (unpaired) electrons. The van der Waals surface area contributed by atoms with Crippen LogP contribution in [-0.4, -0.2) is 39.9 Å². The molecular weight excluding hydrogens is 785 g/mol. The quantitative estimate of drug-likeness (QED) is 0.149. The Labute approximate surface area is 383 Å². The zero-order valence-electron chi connectivity index (χ0n) is 43.6. The predicted molar refractivity (Wildman–Crippen MR) is 272 cm³/mol. The van der Waals surface area contributed by atoms with Crippen molar-refractivity contribution in [2.24, 2.45) is 0 Å². The van der Waals surface area contributed by atoms with Gasteiger partial charge in [-0.25, -0.2) is 39.9 Å². The first-order valence-electron chi connectivity index (χ1n) is 22.6. The summed E-state index contributed by atoms with van der Waals surface area (Å²) >= 11 is 0. The molecule has 0 N–H and O–H groups in total. The zero-order valence-corrected chi connectivity index (χ0v) is 43.6.